The van der Waals surface area contributed by atoms with Gasteiger partial charge in [-0.2, -0.15) is 0 Å². The highest BCUT2D eigenvalue weighted by molar-refractivity contribution is 6.31. The van der Waals surface area contributed by atoms with Crippen molar-refractivity contribution in [2.45, 2.75) is 45.1 Å². The van der Waals surface area contributed by atoms with Crippen molar-refractivity contribution in [2.24, 2.45) is 0 Å². The normalized spacial score (nSPS) is 13.5. The summed E-state index contributed by atoms with van der Waals surface area (Å²) >= 11 is 12.0. The number of fused-ring (bicyclic) bond motifs is 2. The number of hydrogen-bond acceptors (Lipinski definition) is 8. The van der Waals surface area contributed by atoms with Crippen LogP contribution >= 0.6 is 23.2 Å². The van der Waals surface area contributed by atoms with E-state index >= 15 is 13.2 Å². The lowest BCUT2D eigenvalue weighted by Crippen LogP contribution is -2.61. The average molecular weight is 872 g/mol. The van der Waals surface area contributed by atoms with Gasteiger partial charge in [0.15, 0.2) is 34.8 Å². The minimum Gasteiger partial charge on any atom is -0.503 e. The number of amides is 2. The molecule has 3 atom stereocenters. The van der Waals surface area contributed by atoms with Crippen LogP contribution in [0.5, 0.6) is 11.5 Å². The fraction of sp³-hybridized carbons (Fsp3) is 0.195. The number of aliphatic hydroxyl groups is 1. The molecule has 3 unspecified atom stereocenters. The zero-order valence-corrected chi connectivity index (χ0v) is 33.1. The molecule has 0 aliphatic heterocycles. The third kappa shape index (κ3) is 6.87. The van der Waals surface area contributed by atoms with Crippen LogP contribution in [0.3, 0.4) is 0 Å². The number of aromatic nitrogens is 2. The molecule has 0 bridgehead atoms. The fourth-order valence-electron chi connectivity index (χ4n) is 7.62. The van der Waals surface area contributed by atoms with E-state index in [-0.39, 0.29) is 38.1 Å². The Morgan fingerprint density at radius 1 is 0.750 bits per heavy atom. The van der Waals surface area contributed by atoms with Crippen LogP contribution in [-0.2, 0) is 19.8 Å². The van der Waals surface area contributed by atoms with E-state index in [2.05, 4.69) is 5.32 Å². The number of rotatable bonds is 10. The predicted octanol–water partition coefficient (Wildman–Crippen LogP) is 6.56. The first-order valence-electron chi connectivity index (χ1n) is 17.7. The SMILES string of the molecule is Cc1c(C(C)C(=O)NC(C(=O)O)C(C)(C(=O)NCO)c2c(C)n(C(=O)c3ccc(Cl)cc3)c3cc(F)c(O)c(F)c23)c2c(F)c(O)c(F)cc2n1C(=O)c1ccc(Cl)cc1. The van der Waals surface area contributed by atoms with Crippen LogP contribution in [0.25, 0.3) is 21.8 Å². The molecule has 0 radical (unpaired) electrons. The largest absolute Gasteiger partial charge is 0.503 e. The van der Waals surface area contributed by atoms with Gasteiger partial charge in [-0.25, -0.2) is 22.4 Å². The van der Waals surface area contributed by atoms with Gasteiger partial charge in [-0.15, -0.1) is 0 Å². The van der Waals surface area contributed by atoms with E-state index in [1.54, 1.807) is 0 Å². The summed E-state index contributed by atoms with van der Waals surface area (Å²) in [6, 6.07) is 9.42. The summed E-state index contributed by atoms with van der Waals surface area (Å²) in [6.45, 7) is 3.38. The molecule has 4 aromatic carbocycles. The summed E-state index contributed by atoms with van der Waals surface area (Å²) in [5, 5.41) is 44.6. The standard InChI is InChI=1S/C41H32Cl2F4N4O9/c1-16(27-17(2)50(37(56)19-5-9-21(42)10-6-19)25-13-23(44)33(53)31(46)28(25)27)36(55)49-35(39(58)59)41(4,40(60)48-15-52)30-18(3)51(38(57)20-7-11-22(43)12-8-20)26-14-24(45)34(54)32(47)29(26)30/h5-14,16,35,52-54H,15H2,1-4H3,(H,48,60)(H,49,55)(H,58,59). The summed E-state index contributed by atoms with van der Waals surface area (Å²) in [5.41, 5.74) is -5.32. The van der Waals surface area contributed by atoms with Crippen molar-refractivity contribution in [1.82, 2.24) is 19.8 Å². The number of aliphatic hydroxyl groups excluding tert-OH is 1. The van der Waals surface area contributed by atoms with Gasteiger partial charge in [0.1, 0.15) is 18.2 Å². The summed E-state index contributed by atoms with van der Waals surface area (Å²) in [4.78, 5) is 69.6. The maximum atomic E-state index is 16.2. The van der Waals surface area contributed by atoms with Crippen molar-refractivity contribution < 1.29 is 62.0 Å². The summed E-state index contributed by atoms with van der Waals surface area (Å²) < 4.78 is 63.6. The highest BCUT2D eigenvalue weighted by Crippen LogP contribution is 2.44. The fourth-order valence-corrected chi connectivity index (χ4v) is 7.87. The molecular weight excluding hydrogens is 839 g/mol. The monoisotopic (exact) mass is 870 g/mol. The highest BCUT2D eigenvalue weighted by atomic mass is 35.5. The Labute approximate surface area is 346 Å². The molecule has 0 spiro atoms. The molecule has 0 fully saturated rings. The average Bonchev–Trinajstić information content (AvgIpc) is 3.66. The lowest BCUT2D eigenvalue weighted by Gasteiger charge is -2.35. The summed E-state index contributed by atoms with van der Waals surface area (Å²) in [6.07, 6.45) is 0. The van der Waals surface area contributed by atoms with Gasteiger partial charge >= 0.3 is 5.97 Å². The zero-order valence-electron chi connectivity index (χ0n) is 31.6. The third-order valence-electron chi connectivity index (χ3n) is 10.5. The van der Waals surface area contributed by atoms with Crippen LogP contribution in [0.15, 0.2) is 60.7 Å². The number of carboxylic acids is 1. The number of halogens is 6. The van der Waals surface area contributed by atoms with Crippen LogP contribution < -0.4 is 10.6 Å². The van der Waals surface area contributed by atoms with E-state index in [9.17, 15) is 48.8 Å². The van der Waals surface area contributed by atoms with Gasteiger partial charge in [0.05, 0.1) is 17.0 Å². The first-order chi connectivity index (χ1) is 28.2. The van der Waals surface area contributed by atoms with E-state index in [1.165, 1.54) is 55.5 Å². The van der Waals surface area contributed by atoms with E-state index in [0.717, 1.165) is 29.9 Å². The molecule has 2 aromatic heterocycles. The van der Waals surface area contributed by atoms with E-state index in [4.69, 9.17) is 23.2 Å². The second kappa shape index (κ2) is 16.0. The van der Waals surface area contributed by atoms with Gasteiger partial charge in [-0.05, 0) is 81.8 Å². The molecule has 6 rings (SSSR count). The number of carbonyl (C=O) groups is 5. The molecule has 60 heavy (non-hydrogen) atoms. The maximum absolute atomic E-state index is 16.2. The Morgan fingerprint density at radius 3 is 1.63 bits per heavy atom. The van der Waals surface area contributed by atoms with Crippen molar-refractivity contribution in [3.63, 3.8) is 0 Å². The van der Waals surface area contributed by atoms with Crippen molar-refractivity contribution in [3.05, 3.63) is 128 Å². The number of nitrogens with one attached hydrogen (secondary N) is 2. The predicted molar refractivity (Wildman–Crippen MR) is 209 cm³/mol. The minimum atomic E-state index is -2.76. The highest BCUT2D eigenvalue weighted by Gasteiger charge is 2.52. The van der Waals surface area contributed by atoms with Gasteiger partial charge in [-0.1, -0.05) is 23.2 Å². The molecule has 6 aromatic rings. The number of benzene rings is 4. The number of carboxylic acid groups (broad SMARTS) is 1. The van der Waals surface area contributed by atoms with Crippen LogP contribution in [0, 0.1) is 37.1 Å². The molecule has 19 heteroatoms. The number of nitrogens with zero attached hydrogens (tertiary/aromatic N) is 2. The van der Waals surface area contributed by atoms with E-state index in [0.29, 0.717) is 12.1 Å². The molecule has 2 amide bonds. The number of phenols is 2. The molecule has 6 N–H and O–H groups in total. The molecule has 312 valence electrons. The molecular formula is C41H32Cl2F4N4O9. The Kier molecular flexibility index (Phi) is 11.5. The van der Waals surface area contributed by atoms with Gasteiger partial charge in [-0.3, -0.25) is 28.3 Å². The summed E-state index contributed by atoms with van der Waals surface area (Å²) in [7, 11) is 0. The van der Waals surface area contributed by atoms with E-state index in [1.807, 2.05) is 5.32 Å². The lowest BCUT2D eigenvalue weighted by atomic mass is 9.73. The Bertz CT molecular complexity index is 2810. The number of hydrogen-bond donors (Lipinski definition) is 6. The topological polar surface area (TPSA) is 200 Å². The maximum Gasteiger partial charge on any atom is 0.327 e. The third-order valence-corrected chi connectivity index (χ3v) is 11.0. The number of carbonyl (C=O) groups excluding carboxylic acids is 4. The molecule has 2 heterocycles. The first kappa shape index (κ1) is 43.2. The number of aliphatic carboxylic acids is 1. The Morgan fingerprint density at radius 2 is 1.18 bits per heavy atom. The molecule has 0 saturated carbocycles. The quantitative estimate of drug-likeness (QED) is 0.0652. The van der Waals surface area contributed by atoms with Crippen molar-refractivity contribution in [2.75, 3.05) is 6.73 Å². The molecule has 0 aliphatic rings. The number of phenolic OH excluding ortho intramolecular Hbond substituents is 2. The Balaban J connectivity index is 1.56. The molecule has 13 nitrogen and oxygen atoms in total. The van der Waals surface area contributed by atoms with Crippen LogP contribution in [0.1, 0.15) is 63.0 Å². The Hall–Kier alpha value is -6.43. The molecule has 0 aliphatic carbocycles. The van der Waals surface area contributed by atoms with Crippen LogP contribution in [0.4, 0.5) is 17.6 Å². The van der Waals surface area contributed by atoms with E-state index < -0.39 is 116 Å². The van der Waals surface area contributed by atoms with Gasteiger partial charge < -0.3 is 31.1 Å². The summed E-state index contributed by atoms with van der Waals surface area (Å²) in [5.74, 6) is -17.3. The van der Waals surface area contributed by atoms with Gasteiger partial charge in [0, 0.05) is 61.0 Å². The second-order valence-electron chi connectivity index (χ2n) is 14.0. The minimum absolute atomic E-state index is 0.00391. The van der Waals surface area contributed by atoms with Crippen molar-refractivity contribution in [3.8, 4) is 11.5 Å². The van der Waals surface area contributed by atoms with Crippen molar-refractivity contribution in [1.29, 1.82) is 0 Å². The second-order valence-corrected chi connectivity index (χ2v) is 14.8. The van der Waals surface area contributed by atoms with Crippen LogP contribution in [0.2, 0.25) is 10.0 Å². The smallest absolute Gasteiger partial charge is 0.327 e. The van der Waals surface area contributed by atoms with Gasteiger partial charge in [0.25, 0.3) is 11.8 Å². The lowest BCUT2D eigenvalue weighted by molar-refractivity contribution is -0.147. The molecule has 0 saturated heterocycles. The number of aromatic hydroxyl groups is 2. The van der Waals surface area contributed by atoms with Gasteiger partial charge in [0.2, 0.25) is 11.8 Å². The first-order valence-corrected chi connectivity index (χ1v) is 18.4. The zero-order chi connectivity index (χ0) is 44.3. The van der Waals surface area contributed by atoms with Crippen LogP contribution in [-0.4, -0.2) is 71.9 Å². The van der Waals surface area contributed by atoms with Crippen molar-refractivity contribution >= 4 is 74.6 Å².